The van der Waals surface area contributed by atoms with Crippen LogP contribution in [0.25, 0.3) is 11.1 Å². The number of rotatable bonds is 4. The summed E-state index contributed by atoms with van der Waals surface area (Å²) >= 11 is 0. The maximum Gasteiger partial charge on any atom is 0.178 e. The van der Waals surface area contributed by atoms with Crippen LogP contribution in [0.1, 0.15) is 29.2 Å². The molecule has 3 aromatic carbocycles. The van der Waals surface area contributed by atoms with Crippen molar-refractivity contribution < 1.29 is 8.42 Å². The standard InChI is InChI=1S/C22H21NO2S/c1-2-26(24,25)18-10-7-15(8-11-18)13-17-9-12-20-19-6-4-3-5-16(19)14-21(20)22(17)23/h3-12H,2,13-14,23H2,1H3. The Kier molecular flexibility index (Phi) is 4.08. The number of anilines is 1. The van der Waals surface area contributed by atoms with Crippen molar-refractivity contribution in [3.63, 3.8) is 0 Å². The van der Waals surface area contributed by atoms with Gasteiger partial charge in [0.2, 0.25) is 0 Å². The van der Waals surface area contributed by atoms with Gasteiger partial charge >= 0.3 is 0 Å². The third-order valence-corrected chi connectivity index (χ3v) is 6.93. The molecule has 0 fully saturated rings. The SMILES string of the molecule is CCS(=O)(=O)c1ccc(Cc2ccc3c(c2N)Cc2ccccc2-3)cc1. The van der Waals surface area contributed by atoms with Crippen molar-refractivity contribution in [2.75, 3.05) is 11.5 Å². The topological polar surface area (TPSA) is 60.2 Å². The van der Waals surface area contributed by atoms with E-state index in [1.807, 2.05) is 12.1 Å². The maximum absolute atomic E-state index is 11.9. The fourth-order valence-corrected chi connectivity index (χ4v) is 4.52. The Morgan fingerprint density at radius 3 is 2.38 bits per heavy atom. The van der Waals surface area contributed by atoms with Gasteiger partial charge in [-0.15, -0.1) is 0 Å². The van der Waals surface area contributed by atoms with E-state index in [-0.39, 0.29) is 5.75 Å². The van der Waals surface area contributed by atoms with E-state index >= 15 is 0 Å². The van der Waals surface area contributed by atoms with Crippen LogP contribution in [0.3, 0.4) is 0 Å². The van der Waals surface area contributed by atoms with Crippen molar-refractivity contribution in [3.8, 4) is 11.1 Å². The van der Waals surface area contributed by atoms with Gasteiger partial charge in [-0.25, -0.2) is 8.42 Å². The second kappa shape index (κ2) is 6.29. The molecule has 0 heterocycles. The molecular weight excluding hydrogens is 342 g/mol. The first kappa shape index (κ1) is 16.9. The van der Waals surface area contributed by atoms with Crippen molar-refractivity contribution in [2.45, 2.75) is 24.7 Å². The van der Waals surface area contributed by atoms with Crippen molar-refractivity contribution in [1.82, 2.24) is 0 Å². The normalized spacial score (nSPS) is 12.7. The lowest BCUT2D eigenvalue weighted by Crippen LogP contribution is -2.04. The van der Waals surface area contributed by atoms with E-state index in [9.17, 15) is 8.42 Å². The van der Waals surface area contributed by atoms with Gasteiger partial charge in [-0.1, -0.05) is 55.5 Å². The first-order valence-electron chi connectivity index (χ1n) is 8.80. The van der Waals surface area contributed by atoms with E-state index in [1.54, 1.807) is 19.1 Å². The molecule has 0 spiro atoms. The molecule has 0 saturated carbocycles. The van der Waals surface area contributed by atoms with E-state index < -0.39 is 9.84 Å². The van der Waals surface area contributed by atoms with Crippen LogP contribution in [-0.4, -0.2) is 14.2 Å². The molecule has 4 rings (SSSR count). The Balaban J connectivity index is 1.64. The molecule has 0 aliphatic heterocycles. The van der Waals surface area contributed by atoms with Crippen molar-refractivity contribution in [3.05, 3.63) is 82.9 Å². The minimum absolute atomic E-state index is 0.116. The van der Waals surface area contributed by atoms with Crippen LogP contribution in [0.15, 0.2) is 65.6 Å². The summed E-state index contributed by atoms with van der Waals surface area (Å²) in [7, 11) is -3.16. The molecule has 0 radical (unpaired) electrons. The molecular formula is C22H21NO2S. The molecule has 1 aliphatic carbocycles. The lowest BCUT2D eigenvalue weighted by atomic mass is 9.97. The highest BCUT2D eigenvalue weighted by molar-refractivity contribution is 7.91. The van der Waals surface area contributed by atoms with Crippen molar-refractivity contribution >= 4 is 15.5 Å². The number of hydrogen-bond donors (Lipinski definition) is 1. The maximum atomic E-state index is 11.9. The fraction of sp³-hybridized carbons (Fsp3) is 0.182. The average molecular weight is 363 g/mol. The molecule has 4 heteroatoms. The van der Waals surface area contributed by atoms with E-state index in [2.05, 4.69) is 36.4 Å². The largest absolute Gasteiger partial charge is 0.398 e. The van der Waals surface area contributed by atoms with Gasteiger partial charge in [0.1, 0.15) is 0 Å². The van der Waals surface area contributed by atoms with Crippen LogP contribution < -0.4 is 5.73 Å². The summed E-state index contributed by atoms with van der Waals surface area (Å²) in [6.07, 6.45) is 1.57. The number of fused-ring (bicyclic) bond motifs is 3. The van der Waals surface area contributed by atoms with Crippen molar-refractivity contribution in [2.24, 2.45) is 0 Å². The minimum Gasteiger partial charge on any atom is -0.398 e. The zero-order valence-corrected chi connectivity index (χ0v) is 15.5. The molecule has 26 heavy (non-hydrogen) atoms. The Labute approximate surface area is 154 Å². The van der Waals surface area contributed by atoms with Crippen LogP contribution in [0.4, 0.5) is 5.69 Å². The van der Waals surface area contributed by atoms with Crippen LogP contribution in [0.2, 0.25) is 0 Å². The number of sulfone groups is 1. The number of benzene rings is 3. The molecule has 132 valence electrons. The van der Waals surface area contributed by atoms with Gasteiger partial charge in [0, 0.05) is 12.1 Å². The summed E-state index contributed by atoms with van der Waals surface area (Å²) in [5, 5.41) is 0. The third-order valence-electron chi connectivity index (χ3n) is 5.18. The lowest BCUT2D eigenvalue weighted by Gasteiger charge is -2.11. The molecule has 1 aliphatic rings. The first-order valence-corrected chi connectivity index (χ1v) is 10.4. The summed E-state index contributed by atoms with van der Waals surface area (Å²) in [5.74, 6) is 0.116. The van der Waals surface area contributed by atoms with Crippen LogP contribution in [0, 0.1) is 0 Å². The highest BCUT2D eigenvalue weighted by Gasteiger charge is 2.21. The monoisotopic (exact) mass is 363 g/mol. The van der Waals surface area contributed by atoms with E-state index in [4.69, 9.17) is 5.73 Å². The second-order valence-corrected chi connectivity index (χ2v) is 9.00. The average Bonchev–Trinajstić information content (AvgIpc) is 3.04. The molecule has 0 saturated heterocycles. The molecule has 2 N–H and O–H groups in total. The molecule has 0 amide bonds. The van der Waals surface area contributed by atoms with Crippen LogP contribution >= 0.6 is 0 Å². The van der Waals surface area contributed by atoms with Gasteiger partial charge in [-0.2, -0.15) is 0 Å². The van der Waals surface area contributed by atoms with Gasteiger partial charge in [-0.05, 0) is 51.9 Å². The first-order chi connectivity index (χ1) is 12.5. The number of nitrogen functional groups attached to an aromatic ring is 1. The van der Waals surface area contributed by atoms with Crippen LogP contribution in [-0.2, 0) is 22.7 Å². The molecule has 3 aromatic rings. The van der Waals surface area contributed by atoms with Gasteiger partial charge in [0.05, 0.1) is 10.6 Å². The minimum atomic E-state index is -3.16. The second-order valence-electron chi connectivity index (χ2n) is 6.72. The van der Waals surface area contributed by atoms with E-state index in [0.717, 1.165) is 23.2 Å². The Morgan fingerprint density at radius 2 is 1.65 bits per heavy atom. The summed E-state index contributed by atoms with van der Waals surface area (Å²) in [4.78, 5) is 0.376. The van der Waals surface area contributed by atoms with Gasteiger partial charge in [-0.3, -0.25) is 0 Å². The zero-order chi connectivity index (χ0) is 18.3. The Bertz CT molecular complexity index is 1080. The molecule has 3 nitrogen and oxygen atoms in total. The predicted octanol–water partition coefficient (Wildman–Crippen LogP) is 4.22. The lowest BCUT2D eigenvalue weighted by molar-refractivity contribution is 0.597. The highest BCUT2D eigenvalue weighted by Crippen LogP contribution is 2.40. The number of nitrogens with two attached hydrogens (primary N) is 1. The smallest absolute Gasteiger partial charge is 0.178 e. The molecule has 0 bridgehead atoms. The molecule has 0 aromatic heterocycles. The van der Waals surface area contributed by atoms with E-state index in [1.165, 1.54) is 22.3 Å². The Morgan fingerprint density at radius 1 is 0.923 bits per heavy atom. The Hall–Kier alpha value is -2.59. The summed E-state index contributed by atoms with van der Waals surface area (Å²) < 4.78 is 23.9. The quantitative estimate of drug-likeness (QED) is 0.552. The predicted molar refractivity (Wildman–Crippen MR) is 106 cm³/mol. The van der Waals surface area contributed by atoms with Gasteiger partial charge in [0.15, 0.2) is 9.84 Å². The summed E-state index contributed by atoms with van der Waals surface area (Å²) in [5.41, 5.74) is 14.5. The summed E-state index contributed by atoms with van der Waals surface area (Å²) in [6, 6.07) is 19.8. The molecule has 0 unspecified atom stereocenters. The van der Waals surface area contributed by atoms with Gasteiger partial charge in [0.25, 0.3) is 0 Å². The summed E-state index contributed by atoms with van der Waals surface area (Å²) in [6.45, 7) is 1.66. The fourth-order valence-electron chi connectivity index (χ4n) is 3.64. The van der Waals surface area contributed by atoms with E-state index in [0.29, 0.717) is 11.3 Å². The number of hydrogen-bond acceptors (Lipinski definition) is 3. The molecule has 0 atom stereocenters. The highest BCUT2D eigenvalue weighted by atomic mass is 32.2. The zero-order valence-electron chi connectivity index (χ0n) is 14.7. The van der Waals surface area contributed by atoms with Crippen molar-refractivity contribution in [1.29, 1.82) is 0 Å². The van der Waals surface area contributed by atoms with Gasteiger partial charge < -0.3 is 5.73 Å². The van der Waals surface area contributed by atoms with Crippen LogP contribution in [0.5, 0.6) is 0 Å². The third kappa shape index (κ3) is 2.80.